The van der Waals surface area contributed by atoms with E-state index >= 15 is 0 Å². The zero-order chi connectivity index (χ0) is 21.1. The average Bonchev–Trinajstić information content (AvgIpc) is 3.05. The summed E-state index contributed by atoms with van der Waals surface area (Å²) in [6.45, 7) is 11.1. The van der Waals surface area contributed by atoms with Crippen molar-refractivity contribution in [1.29, 1.82) is 0 Å². The van der Waals surface area contributed by atoms with Crippen molar-refractivity contribution in [2.75, 3.05) is 24.3 Å². The molecule has 0 saturated heterocycles. The second-order valence-electron chi connectivity index (χ2n) is 7.56. The molecular weight excluding hydrogens is 382 g/mol. The Morgan fingerprint density at radius 3 is 2.59 bits per heavy atom. The molecule has 2 aromatic heterocycles. The van der Waals surface area contributed by atoms with E-state index in [4.69, 9.17) is 16.6 Å². The predicted molar refractivity (Wildman–Crippen MR) is 125 cm³/mol. The molecule has 1 N–H and O–H groups in total. The number of anilines is 3. The van der Waals surface area contributed by atoms with E-state index in [-0.39, 0.29) is 0 Å². The summed E-state index contributed by atoms with van der Waals surface area (Å²) in [5.74, 6) is 2.14. The Morgan fingerprint density at radius 2 is 2.00 bits per heavy atom. The molecule has 0 fully saturated rings. The van der Waals surface area contributed by atoms with Crippen LogP contribution in [0.1, 0.15) is 43.7 Å². The highest BCUT2D eigenvalue weighted by molar-refractivity contribution is 6.35. The highest BCUT2D eigenvalue weighted by Crippen LogP contribution is 2.36. The number of pyridine rings is 1. The second kappa shape index (κ2) is 8.87. The highest BCUT2D eigenvalue weighted by atomic mass is 35.5. The number of benzene rings is 1. The highest BCUT2D eigenvalue weighted by Gasteiger charge is 2.20. The molecule has 3 aromatic rings. The molecule has 29 heavy (non-hydrogen) atoms. The first-order valence-electron chi connectivity index (χ1n) is 10.1. The number of rotatable bonds is 8. The third-order valence-corrected chi connectivity index (χ3v) is 5.72. The standard InChI is InChI=1S/C23H30ClN5/c1-7-12-29-22-17(16(8-2)9-3)10-11-18(24)21(22)27-23(29)26-19-14-25-20(28(5)6)13-15(19)4/h7,10-11,13-14,16H,1,8-9,12H2,2-6H3,(H,26,27). The average molecular weight is 412 g/mol. The summed E-state index contributed by atoms with van der Waals surface area (Å²) >= 11 is 6.55. The number of allylic oxidation sites excluding steroid dienone is 1. The first-order chi connectivity index (χ1) is 13.9. The fourth-order valence-corrected chi connectivity index (χ4v) is 3.92. The van der Waals surface area contributed by atoms with Crippen LogP contribution in [0.5, 0.6) is 0 Å². The maximum Gasteiger partial charge on any atom is 0.208 e. The minimum atomic E-state index is 0.464. The van der Waals surface area contributed by atoms with Gasteiger partial charge in [-0.2, -0.15) is 0 Å². The van der Waals surface area contributed by atoms with Gasteiger partial charge in [0.1, 0.15) is 11.3 Å². The Morgan fingerprint density at radius 1 is 1.28 bits per heavy atom. The first-order valence-corrected chi connectivity index (χ1v) is 10.5. The van der Waals surface area contributed by atoms with Crippen molar-refractivity contribution in [2.45, 2.75) is 46.1 Å². The molecule has 0 radical (unpaired) electrons. The molecule has 0 aliphatic carbocycles. The maximum atomic E-state index is 6.55. The Labute approximate surface area is 178 Å². The molecule has 2 heterocycles. The van der Waals surface area contributed by atoms with Gasteiger partial charge in [0, 0.05) is 20.6 Å². The third kappa shape index (κ3) is 4.10. The van der Waals surface area contributed by atoms with E-state index < -0.39 is 0 Å². The molecule has 0 bridgehead atoms. The van der Waals surface area contributed by atoms with Crippen molar-refractivity contribution < 1.29 is 0 Å². The normalized spacial score (nSPS) is 11.3. The SMILES string of the molecule is C=CCn1c(Nc2cnc(N(C)C)cc2C)nc2c(Cl)ccc(C(CC)CC)c21. The number of fused-ring (bicyclic) bond motifs is 1. The van der Waals surface area contributed by atoms with Gasteiger partial charge in [0.05, 0.1) is 22.4 Å². The van der Waals surface area contributed by atoms with Crippen LogP contribution >= 0.6 is 11.6 Å². The van der Waals surface area contributed by atoms with E-state index in [1.54, 1.807) is 0 Å². The number of hydrogen-bond donors (Lipinski definition) is 1. The number of hydrogen-bond acceptors (Lipinski definition) is 4. The van der Waals surface area contributed by atoms with Crippen LogP contribution in [0, 0.1) is 6.92 Å². The monoisotopic (exact) mass is 411 g/mol. The Balaban J connectivity index is 2.15. The lowest BCUT2D eigenvalue weighted by Crippen LogP contribution is -2.11. The zero-order valence-corrected chi connectivity index (χ0v) is 18.7. The van der Waals surface area contributed by atoms with Gasteiger partial charge in [0.15, 0.2) is 0 Å². The number of aryl methyl sites for hydroxylation is 1. The molecule has 0 saturated carbocycles. The largest absolute Gasteiger partial charge is 0.363 e. The quantitative estimate of drug-likeness (QED) is 0.442. The van der Waals surface area contributed by atoms with Crippen LogP contribution in [0.4, 0.5) is 17.5 Å². The number of halogens is 1. The second-order valence-corrected chi connectivity index (χ2v) is 7.97. The molecule has 0 atom stereocenters. The number of aromatic nitrogens is 3. The zero-order valence-electron chi connectivity index (χ0n) is 18.0. The van der Waals surface area contributed by atoms with Crippen LogP contribution < -0.4 is 10.2 Å². The van der Waals surface area contributed by atoms with Gasteiger partial charge in [-0.3, -0.25) is 0 Å². The third-order valence-electron chi connectivity index (χ3n) is 5.41. The van der Waals surface area contributed by atoms with E-state index in [0.717, 1.165) is 46.9 Å². The van der Waals surface area contributed by atoms with Gasteiger partial charge in [0.25, 0.3) is 0 Å². The van der Waals surface area contributed by atoms with Gasteiger partial charge < -0.3 is 14.8 Å². The summed E-state index contributed by atoms with van der Waals surface area (Å²) in [6.07, 6.45) is 5.89. The molecule has 1 aromatic carbocycles. The van der Waals surface area contributed by atoms with Crippen molar-refractivity contribution in [2.24, 2.45) is 0 Å². The van der Waals surface area contributed by atoms with Crippen molar-refractivity contribution in [3.8, 4) is 0 Å². The molecule has 3 rings (SSSR count). The molecule has 154 valence electrons. The van der Waals surface area contributed by atoms with E-state index in [1.165, 1.54) is 5.56 Å². The van der Waals surface area contributed by atoms with Crippen LogP contribution in [-0.4, -0.2) is 28.6 Å². The molecule has 0 unspecified atom stereocenters. The molecule has 5 nitrogen and oxygen atoms in total. The lowest BCUT2D eigenvalue weighted by Gasteiger charge is -2.17. The van der Waals surface area contributed by atoms with E-state index in [2.05, 4.69) is 54.4 Å². The van der Waals surface area contributed by atoms with Gasteiger partial charge in [-0.15, -0.1) is 6.58 Å². The first kappa shape index (κ1) is 21.2. The van der Waals surface area contributed by atoms with Crippen LogP contribution in [0.15, 0.2) is 37.1 Å². The maximum absolute atomic E-state index is 6.55. The van der Waals surface area contributed by atoms with Gasteiger partial charge in [-0.25, -0.2) is 9.97 Å². The molecule has 0 aliphatic rings. The minimum absolute atomic E-state index is 0.464. The van der Waals surface area contributed by atoms with E-state index in [9.17, 15) is 0 Å². The lowest BCUT2D eigenvalue weighted by atomic mass is 9.93. The summed E-state index contributed by atoms with van der Waals surface area (Å²) in [5, 5.41) is 4.14. The van der Waals surface area contributed by atoms with Crippen LogP contribution in [0.2, 0.25) is 5.02 Å². The molecule has 0 spiro atoms. The van der Waals surface area contributed by atoms with Crippen LogP contribution in [-0.2, 0) is 6.54 Å². The number of nitrogens with one attached hydrogen (secondary N) is 1. The fraction of sp³-hybridized carbons (Fsp3) is 0.391. The molecular formula is C23H30ClN5. The Bertz CT molecular complexity index is 1020. The number of imidazole rings is 1. The van der Waals surface area contributed by atoms with Crippen LogP contribution in [0.25, 0.3) is 11.0 Å². The molecule has 0 amide bonds. The van der Waals surface area contributed by atoms with Gasteiger partial charge in [0.2, 0.25) is 5.95 Å². The lowest BCUT2D eigenvalue weighted by molar-refractivity contribution is 0.642. The Hall–Kier alpha value is -2.53. The van der Waals surface area contributed by atoms with Crippen molar-refractivity contribution >= 4 is 40.1 Å². The van der Waals surface area contributed by atoms with Crippen molar-refractivity contribution in [3.63, 3.8) is 0 Å². The number of nitrogens with zero attached hydrogens (tertiary/aromatic N) is 4. The van der Waals surface area contributed by atoms with Crippen LogP contribution in [0.3, 0.4) is 0 Å². The summed E-state index contributed by atoms with van der Waals surface area (Å²) in [5.41, 5.74) is 5.23. The summed E-state index contributed by atoms with van der Waals surface area (Å²) in [4.78, 5) is 11.4. The van der Waals surface area contributed by atoms with Crippen molar-refractivity contribution in [1.82, 2.24) is 14.5 Å². The van der Waals surface area contributed by atoms with E-state index in [0.29, 0.717) is 17.5 Å². The molecule has 6 heteroatoms. The van der Waals surface area contributed by atoms with E-state index in [1.807, 2.05) is 37.3 Å². The van der Waals surface area contributed by atoms with Gasteiger partial charge in [-0.05, 0) is 48.9 Å². The summed E-state index contributed by atoms with van der Waals surface area (Å²) < 4.78 is 2.17. The van der Waals surface area contributed by atoms with Gasteiger partial charge >= 0.3 is 0 Å². The summed E-state index contributed by atoms with van der Waals surface area (Å²) in [6, 6.07) is 6.17. The minimum Gasteiger partial charge on any atom is -0.363 e. The predicted octanol–water partition coefficient (Wildman–Crippen LogP) is 6.29. The van der Waals surface area contributed by atoms with Crippen molar-refractivity contribution in [3.05, 3.63) is 53.2 Å². The smallest absolute Gasteiger partial charge is 0.208 e. The summed E-state index contributed by atoms with van der Waals surface area (Å²) in [7, 11) is 3.97. The fourth-order valence-electron chi connectivity index (χ4n) is 3.73. The Kier molecular flexibility index (Phi) is 6.48. The van der Waals surface area contributed by atoms with Gasteiger partial charge in [-0.1, -0.05) is 37.6 Å². The topological polar surface area (TPSA) is 46.0 Å². The molecule has 0 aliphatic heterocycles.